The van der Waals surface area contributed by atoms with E-state index in [0.29, 0.717) is 6.04 Å². The Labute approximate surface area is 129 Å². The van der Waals surface area contributed by atoms with Crippen LogP contribution in [0.4, 0.5) is 5.69 Å². The topological polar surface area (TPSA) is 12.0 Å². The first kappa shape index (κ1) is 14.4. The van der Waals surface area contributed by atoms with Crippen molar-refractivity contribution in [2.75, 3.05) is 5.32 Å². The predicted octanol–water partition coefficient (Wildman–Crippen LogP) is 5.57. The second-order valence-electron chi connectivity index (χ2n) is 5.64. The summed E-state index contributed by atoms with van der Waals surface area (Å²) in [6.07, 6.45) is 5.34. The molecule has 1 saturated carbocycles. The van der Waals surface area contributed by atoms with Gasteiger partial charge in [-0.3, -0.25) is 0 Å². The van der Waals surface area contributed by atoms with Crippen LogP contribution in [-0.2, 0) is 0 Å². The first-order valence-electron chi connectivity index (χ1n) is 6.78. The van der Waals surface area contributed by atoms with Crippen molar-refractivity contribution in [2.45, 2.75) is 45.6 Å². The molecule has 2 unspecified atom stereocenters. The molecule has 0 aromatic heterocycles. The third-order valence-electron chi connectivity index (χ3n) is 3.95. The molecule has 2 atom stereocenters. The SMILES string of the molecule is CC(C)C1CCCC(Nc2ccc(Cl)cc2I)C1. The van der Waals surface area contributed by atoms with E-state index in [4.69, 9.17) is 11.6 Å². The Morgan fingerprint density at radius 2 is 2.11 bits per heavy atom. The minimum atomic E-state index is 0.626. The molecule has 0 heterocycles. The van der Waals surface area contributed by atoms with Crippen LogP contribution in [0.25, 0.3) is 0 Å². The fraction of sp³-hybridized carbons (Fsp3) is 0.600. The molecule has 0 spiro atoms. The van der Waals surface area contributed by atoms with Gasteiger partial charge in [0.2, 0.25) is 0 Å². The predicted molar refractivity (Wildman–Crippen MR) is 88.4 cm³/mol. The largest absolute Gasteiger partial charge is 0.381 e. The fourth-order valence-corrected chi connectivity index (χ4v) is 3.82. The maximum atomic E-state index is 5.99. The van der Waals surface area contributed by atoms with Crippen molar-refractivity contribution in [3.05, 3.63) is 26.8 Å². The van der Waals surface area contributed by atoms with E-state index in [1.807, 2.05) is 12.1 Å². The summed E-state index contributed by atoms with van der Waals surface area (Å²) in [6, 6.07) is 6.71. The number of benzene rings is 1. The summed E-state index contributed by atoms with van der Waals surface area (Å²) in [6.45, 7) is 4.69. The molecule has 0 radical (unpaired) electrons. The molecule has 2 rings (SSSR count). The van der Waals surface area contributed by atoms with Gasteiger partial charge in [0.1, 0.15) is 0 Å². The molecule has 0 bridgehead atoms. The summed E-state index contributed by atoms with van der Waals surface area (Å²) in [7, 11) is 0. The number of nitrogens with one attached hydrogen (secondary N) is 1. The Balaban J connectivity index is 2.00. The highest BCUT2D eigenvalue weighted by molar-refractivity contribution is 14.1. The minimum Gasteiger partial charge on any atom is -0.381 e. The summed E-state index contributed by atoms with van der Waals surface area (Å²) < 4.78 is 1.21. The zero-order chi connectivity index (χ0) is 13.1. The Kier molecular flexibility index (Phi) is 5.19. The van der Waals surface area contributed by atoms with Gasteiger partial charge < -0.3 is 5.32 Å². The quantitative estimate of drug-likeness (QED) is 0.679. The van der Waals surface area contributed by atoms with E-state index in [1.54, 1.807) is 0 Å². The van der Waals surface area contributed by atoms with Gasteiger partial charge in [0, 0.05) is 20.3 Å². The normalized spacial score (nSPS) is 24.3. The van der Waals surface area contributed by atoms with Crippen molar-refractivity contribution >= 4 is 39.9 Å². The molecule has 1 aromatic carbocycles. The van der Waals surface area contributed by atoms with Crippen LogP contribution >= 0.6 is 34.2 Å². The van der Waals surface area contributed by atoms with Gasteiger partial charge in [0.25, 0.3) is 0 Å². The van der Waals surface area contributed by atoms with E-state index in [9.17, 15) is 0 Å². The molecule has 1 aliphatic rings. The molecular formula is C15H21ClIN. The molecule has 1 fully saturated rings. The van der Waals surface area contributed by atoms with Gasteiger partial charge in [0.05, 0.1) is 0 Å². The summed E-state index contributed by atoms with van der Waals surface area (Å²) >= 11 is 8.35. The third kappa shape index (κ3) is 3.77. The highest BCUT2D eigenvalue weighted by atomic mass is 127. The summed E-state index contributed by atoms with van der Waals surface area (Å²) in [4.78, 5) is 0. The van der Waals surface area contributed by atoms with Crippen LogP contribution in [0.2, 0.25) is 5.02 Å². The first-order chi connectivity index (χ1) is 8.56. The molecule has 1 nitrogen and oxygen atoms in total. The maximum absolute atomic E-state index is 5.99. The van der Waals surface area contributed by atoms with Crippen molar-refractivity contribution in [1.29, 1.82) is 0 Å². The van der Waals surface area contributed by atoms with Crippen LogP contribution < -0.4 is 5.32 Å². The number of hydrogen-bond donors (Lipinski definition) is 1. The number of anilines is 1. The van der Waals surface area contributed by atoms with Crippen LogP contribution in [-0.4, -0.2) is 6.04 Å². The minimum absolute atomic E-state index is 0.626. The van der Waals surface area contributed by atoms with Gasteiger partial charge in [-0.25, -0.2) is 0 Å². The standard InChI is InChI=1S/C15H21ClIN/c1-10(2)11-4-3-5-13(8-11)18-15-7-6-12(16)9-14(15)17/h6-7,9-11,13,18H,3-5,8H2,1-2H3. The average molecular weight is 378 g/mol. The van der Waals surface area contributed by atoms with Crippen molar-refractivity contribution < 1.29 is 0 Å². The van der Waals surface area contributed by atoms with Crippen LogP contribution in [0.5, 0.6) is 0 Å². The molecule has 18 heavy (non-hydrogen) atoms. The summed E-state index contributed by atoms with van der Waals surface area (Å²) in [5.41, 5.74) is 1.23. The summed E-state index contributed by atoms with van der Waals surface area (Å²) in [5, 5.41) is 4.51. The van der Waals surface area contributed by atoms with E-state index in [0.717, 1.165) is 16.9 Å². The lowest BCUT2D eigenvalue weighted by Crippen LogP contribution is -2.29. The first-order valence-corrected chi connectivity index (χ1v) is 8.23. The van der Waals surface area contributed by atoms with Crippen molar-refractivity contribution in [3.8, 4) is 0 Å². The molecule has 3 heteroatoms. The highest BCUT2D eigenvalue weighted by Gasteiger charge is 2.24. The second-order valence-corrected chi connectivity index (χ2v) is 7.23. The second kappa shape index (κ2) is 6.47. The van der Waals surface area contributed by atoms with Crippen LogP contribution in [0, 0.1) is 15.4 Å². The van der Waals surface area contributed by atoms with Crippen LogP contribution in [0.15, 0.2) is 18.2 Å². The number of hydrogen-bond acceptors (Lipinski definition) is 1. The van der Waals surface area contributed by atoms with Gasteiger partial charge in [0.15, 0.2) is 0 Å². The molecule has 1 aromatic rings. The average Bonchev–Trinajstić information content (AvgIpc) is 2.33. The number of rotatable bonds is 3. The van der Waals surface area contributed by atoms with Crippen LogP contribution in [0.1, 0.15) is 39.5 Å². The molecule has 100 valence electrons. The van der Waals surface area contributed by atoms with E-state index in [2.05, 4.69) is 47.8 Å². The number of halogens is 2. The van der Waals surface area contributed by atoms with E-state index in [-0.39, 0.29) is 0 Å². The van der Waals surface area contributed by atoms with Gasteiger partial charge in [-0.15, -0.1) is 0 Å². The van der Waals surface area contributed by atoms with Crippen LogP contribution in [0.3, 0.4) is 0 Å². The zero-order valence-electron chi connectivity index (χ0n) is 11.0. The van der Waals surface area contributed by atoms with Crippen molar-refractivity contribution in [3.63, 3.8) is 0 Å². The molecule has 0 saturated heterocycles. The fourth-order valence-electron chi connectivity index (χ4n) is 2.79. The Morgan fingerprint density at radius 1 is 1.33 bits per heavy atom. The maximum Gasteiger partial charge on any atom is 0.0479 e. The third-order valence-corrected chi connectivity index (χ3v) is 5.08. The Morgan fingerprint density at radius 3 is 2.78 bits per heavy atom. The lowest BCUT2D eigenvalue weighted by atomic mass is 9.79. The van der Waals surface area contributed by atoms with Crippen molar-refractivity contribution in [2.24, 2.45) is 11.8 Å². The molecule has 1 aliphatic carbocycles. The molecular weight excluding hydrogens is 357 g/mol. The van der Waals surface area contributed by atoms with Gasteiger partial charge in [-0.1, -0.05) is 38.3 Å². The molecule has 1 N–H and O–H groups in total. The van der Waals surface area contributed by atoms with Crippen molar-refractivity contribution in [1.82, 2.24) is 0 Å². The summed E-state index contributed by atoms with van der Waals surface area (Å²) in [5.74, 6) is 1.68. The van der Waals surface area contributed by atoms with E-state index >= 15 is 0 Å². The van der Waals surface area contributed by atoms with Gasteiger partial charge in [-0.2, -0.15) is 0 Å². The zero-order valence-corrected chi connectivity index (χ0v) is 14.0. The monoisotopic (exact) mass is 377 g/mol. The Bertz CT molecular complexity index is 405. The molecule has 0 aliphatic heterocycles. The Hall–Kier alpha value is 0.0400. The molecule has 0 amide bonds. The lowest BCUT2D eigenvalue weighted by Gasteiger charge is -2.33. The smallest absolute Gasteiger partial charge is 0.0479 e. The van der Waals surface area contributed by atoms with Gasteiger partial charge >= 0.3 is 0 Å². The highest BCUT2D eigenvalue weighted by Crippen LogP contribution is 2.32. The van der Waals surface area contributed by atoms with E-state index < -0.39 is 0 Å². The van der Waals surface area contributed by atoms with Gasteiger partial charge in [-0.05, 0) is 65.5 Å². The van der Waals surface area contributed by atoms with E-state index in [1.165, 1.54) is 34.9 Å². The lowest BCUT2D eigenvalue weighted by molar-refractivity contribution is 0.264.